The summed E-state index contributed by atoms with van der Waals surface area (Å²) in [5.41, 5.74) is 0. The number of Topliss-reactive ketones (excluding diaryl/α,β-unsaturated/α-hetero) is 1. The van der Waals surface area contributed by atoms with Crippen LogP contribution in [0.5, 0.6) is 0 Å². The fourth-order valence-corrected chi connectivity index (χ4v) is 5.13. The molecule has 13 heteroatoms. The highest BCUT2D eigenvalue weighted by Gasteiger charge is 2.31. The molecule has 0 saturated heterocycles. The van der Waals surface area contributed by atoms with E-state index in [0.29, 0.717) is 23.5 Å². The Hall–Kier alpha value is -1.95. The van der Waals surface area contributed by atoms with Gasteiger partial charge in [0.2, 0.25) is 6.29 Å². The van der Waals surface area contributed by atoms with Crippen LogP contribution in [0.15, 0.2) is 12.2 Å². The number of unbranched alkanes of at least 4 members (excludes halogenated alkanes) is 12. The number of hydrogen-bond donors (Lipinski definition) is 2. The number of rotatable bonds is 30. The van der Waals surface area contributed by atoms with Crippen molar-refractivity contribution in [1.29, 1.82) is 0 Å². The summed E-state index contributed by atoms with van der Waals surface area (Å²) in [4.78, 5) is 59.8. The van der Waals surface area contributed by atoms with Gasteiger partial charge in [-0.3, -0.25) is 18.9 Å². The summed E-state index contributed by atoms with van der Waals surface area (Å²) in [5.74, 6) is -4.74. The maximum absolute atomic E-state index is 12.9. The number of carbonyl (C=O) groups excluding carboxylic acids is 3. The molecule has 0 aromatic rings. The Bertz CT molecular complexity index is 933. The normalized spacial score (nSPS) is 14.6. The molecule has 0 fully saturated rings. The highest BCUT2D eigenvalue weighted by Crippen LogP contribution is 2.39. The Kier molecular flexibility index (Phi) is 24.1. The number of allylic oxidation sites excluding steroid dienone is 1. The number of quaternary nitrogens is 1. The van der Waals surface area contributed by atoms with Crippen LogP contribution >= 0.6 is 7.82 Å². The lowest BCUT2D eigenvalue weighted by molar-refractivity contribution is -0.870. The summed E-state index contributed by atoms with van der Waals surface area (Å²) < 4.78 is 27.5. The van der Waals surface area contributed by atoms with E-state index in [1.54, 1.807) is 0 Å². The average Bonchev–Trinajstić information content (AvgIpc) is 2.93. The first-order valence-corrected chi connectivity index (χ1v) is 17.9. The van der Waals surface area contributed by atoms with E-state index in [1.807, 2.05) is 21.1 Å². The third-order valence-electron chi connectivity index (χ3n) is 7.18. The molecule has 0 aromatic heterocycles. The van der Waals surface area contributed by atoms with Gasteiger partial charge in [-0.2, -0.15) is 0 Å². The highest BCUT2D eigenvalue weighted by atomic mass is 31.2. The standard InChI is InChI=1S/C32H58NO11P/c1-5-6-7-8-9-10-11-12-13-14-15-16-17-21-31(38)44-32(39)28(26-43-45(40,41)42-25-24-33(2,3)4)29(35)20-18-19-27(34)22-23-30(36)37/h22-23,28,32,39H,5-21,24-26H2,1-4H3,(H-,36,37,40,41)/b23-22+/t28-,32?/m0/s1. The van der Waals surface area contributed by atoms with Gasteiger partial charge in [-0.05, 0) is 18.9 Å². The van der Waals surface area contributed by atoms with E-state index in [2.05, 4.69) is 6.92 Å². The van der Waals surface area contributed by atoms with Crippen molar-refractivity contribution in [1.82, 2.24) is 0 Å². The second-order valence-electron chi connectivity index (χ2n) is 12.5. The third kappa shape index (κ3) is 26.9. The van der Waals surface area contributed by atoms with E-state index in [1.165, 1.54) is 51.4 Å². The molecule has 0 amide bonds. The fraction of sp³-hybridized carbons (Fsp3) is 0.812. The number of ketones is 2. The van der Waals surface area contributed by atoms with Gasteiger partial charge in [0.1, 0.15) is 24.9 Å². The molecule has 0 heterocycles. The van der Waals surface area contributed by atoms with Crippen molar-refractivity contribution in [3.63, 3.8) is 0 Å². The molecule has 0 spiro atoms. The molecular weight excluding hydrogens is 605 g/mol. The second kappa shape index (κ2) is 25.2. The maximum atomic E-state index is 12.9. The van der Waals surface area contributed by atoms with Crippen LogP contribution in [0.25, 0.3) is 0 Å². The molecule has 2 N–H and O–H groups in total. The topological polar surface area (TPSA) is 177 Å². The lowest BCUT2D eigenvalue weighted by Crippen LogP contribution is -2.38. The molecule has 12 nitrogen and oxygen atoms in total. The Labute approximate surface area is 269 Å². The molecule has 0 saturated carbocycles. The molecule has 2 unspecified atom stereocenters. The molecule has 0 radical (unpaired) electrons. The van der Waals surface area contributed by atoms with E-state index in [4.69, 9.17) is 18.9 Å². The number of carboxylic acids is 1. The minimum Gasteiger partial charge on any atom is -0.756 e. The lowest BCUT2D eigenvalue weighted by atomic mass is 9.99. The van der Waals surface area contributed by atoms with Crippen LogP contribution in [0.4, 0.5) is 0 Å². The second-order valence-corrected chi connectivity index (χ2v) is 13.9. The first-order chi connectivity index (χ1) is 21.2. The first kappa shape index (κ1) is 43.0. The SMILES string of the molecule is CCCCCCCCCCCCCCCC(=O)OC(O)[C@@H](COP(=O)([O-])OCC[N+](C)(C)C)C(=O)CCCC(=O)/C=C/C(=O)O. The van der Waals surface area contributed by atoms with Crippen LogP contribution in [0.2, 0.25) is 0 Å². The summed E-state index contributed by atoms with van der Waals surface area (Å²) in [6, 6.07) is 0. The van der Waals surface area contributed by atoms with Crippen molar-refractivity contribution >= 4 is 31.3 Å². The van der Waals surface area contributed by atoms with Gasteiger partial charge in [-0.25, -0.2) is 4.79 Å². The average molecular weight is 664 g/mol. The molecular formula is C32H58NO11P. The number of carbonyl (C=O) groups is 4. The predicted molar refractivity (Wildman–Crippen MR) is 169 cm³/mol. The minimum atomic E-state index is -4.83. The van der Waals surface area contributed by atoms with E-state index >= 15 is 0 Å². The number of esters is 1. The summed E-state index contributed by atoms with van der Waals surface area (Å²) >= 11 is 0. The van der Waals surface area contributed by atoms with Crippen molar-refractivity contribution in [2.45, 2.75) is 122 Å². The van der Waals surface area contributed by atoms with Crippen molar-refractivity contribution in [2.75, 3.05) is 40.9 Å². The van der Waals surface area contributed by atoms with Crippen LogP contribution in [0, 0.1) is 5.92 Å². The number of nitrogens with zero attached hydrogens (tertiary/aromatic N) is 1. The molecule has 0 bridgehead atoms. The first-order valence-electron chi connectivity index (χ1n) is 16.4. The summed E-state index contributed by atoms with van der Waals surface area (Å²) in [6.45, 7) is 1.60. The van der Waals surface area contributed by atoms with Crippen LogP contribution in [-0.2, 0) is 37.5 Å². The minimum absolute atomic E-state index is 0.00673. The zero-order valence-electron chi connectivity index (χ0n) is 27.9. The van der Waals surface area contributed by atoms with Crippen molar-refractivity contribution < 1.29 is 57.1 Å². The number of carboxylic acid groups (broad SMARTS) is 1. The van der Waals surface area contributed by atoms with Gasteiger partial charge >= 0.3 is 11.9 Å². The number of likely N-dealkylation sites (N-methyl/N-ethyl adjacent to an activating group) is 1. The molecule has 0 aliphatic rings. The zero-order valence-corrected chi connectivity index (χ0v) is 28.8. The number of aliphatic carboxylic acids is 1. The number of phosphoric ester groups is 1. The predicted octanol–water partition coefficient (Wildman–Crippen LogP) is 5.10. The fourth-order valence-electron chi connectivity index (χ4n) is 4.40. The number of phosphoric acid groups is 1. The Morgan fingerprint density at radius 2 is 1.31 bits per heavy atom. The van der Waals surface area contributed by atoms with Gasteiger partial charge < -0.3 is 33.4 Å². The van der Waals surface area contributed by atoms with E-state index in [0.717, 1.165) is 31.8 Å². The van der Waals surface area contributed by atoms with Gasteiger partial charge in [0.25, 0.3) is 7.82 Å². The monoisotopic (exact) mass is 663 g/mol. The van der Waals surface area contributed by atoms with Crippen molar-refractivity contribution in [2.24, 2.45) is 5.92 Å². The quantitative estimate of drug-likeness (QED) is 0.0261. The highest BCUT2D eigenvalue weighted by molar-refractivity contribution is 7.45. The van der Waals surface area contributed by atoms with Gasteiger partial charge in [0.05, 0.1) is 27.7 Å². The van der Waals surface area contributed by atoms with Crippen molar-refractivity contribution in [3.8, 4) is 0 Å². The van der Waals surface area contributed by atoms with Crippen LogP contribution < -0.4 is 4.89 Å². The molecule has 0 aliphatic carbocycles. The third-order valence-corrected chi connectivity index (χ3v) is 8.14. The van der Waals surface area contributed by atoms with Crippen LogP contribution in [-0.4, -0.2) is 85.4 Å². The summed E-state index contributed by atoms with van der Waals surface area (Å²) in [7, 11) is 0.708. The zero-order chi connectivity index (χ0) is 34.1. The van der Waals surface area contributed by atoms with Gasteiger partial charge in [-0.1, -0.05) is 84.0 Å². The number of hydrogen-bond acceptors (Lipinski definition) is 10. The maximum Gasteiger partial charge on any atom is 0.328 e. The molecule has 0 rings (SSSR count). The van der Waals surface area contributed by atoms with E-state index in [9.17, 15) is 33.7 Å². The molecule has 0 aromatic carbocycles. The van der Waals surface area contributed by atoms with Gasteiger partial charge in [0, 0.05) is 25.3 Å². The molecule has 262 valence electrons. The molecule has 0 aliphatic heterocycles. The lowest BCUT2D eigenvalue weighted by Gasteiger charge is -2.29. The molecule has 3 atom stereocenters. The largest absolute Gasteiger partial charge is 0.756 e. The Morgan fingerprint density at radius 3 is 1.82 bits per heavy atom. The van der Waals surface area contributed by atoms with Crippen LogP contribution in [0.1, 0.15) is 116 Å². The molecule has 45 heavy (non-hydrogen) atoms. The van der Waals surface area contributed by atoms with Crippen molar-refractivity contribution in [3.05, 3.63) is 12.2 Å². The van der Waals surface area contributed by atoms with E-state index < -0.39 is 50.1 Å². The van der Waals surface area contributed by atoms with Gasteiger partial charge in [-0.15, -0.1) is 0 Å². The Balaban J connectivity index is 4.72. The number of ether oxygens (including phenoxy) is 1. The van der Waals surface area contributed by atoms with Crippen LogP contribution in [0.3, 0.4) is 0 Å². The van der Waals surface area contributed by atoms with Gasteiger partial charge in [0.15, 0.2) is 5.78 Å². The Morgan fingerprint density at radius 1 is 0.778 bits per heavy atom. The number of aliphatic hydroxyl groups excluding tert-OH is 1. The van der Waals surface area contributed by atoms with E-state index in [-0.39, 0.29) is 32.3 Å². The number of aliphatic hydroxyl groups is 1. The summed E-state index contributed by atoms with van der Waals surface area (Å²) in [6.07, 6.45) is 14.1. The smallest absolute Gasteiger partial charge is 0.328 e. The summed E-state index contributed by atoms with van der Waals surface area (Å²) in [5, 5.41) is 19.2.